The molecule has 0 bridgehead atoms. The molecule has 1 heterocycles. The Morgan fingerprint density at radius 2 is 2.04 bits per heavy atom. The van der Waals surface area contributed by atoms with Gasteiger partial charge in [0, 0.05) is 31.5 Å². The van der Waals surface area contributed by atoms with Crippen LogP contribution in [0.3, 0.4) is 0 Å². The third kappa shape index (κ3) is 4.41. The molecule has 1 N–H and O–H groups in total. The van der Waals surface area contributed by atoms with Gasteiger partial charge in [-0.3, -0.25) is 4.79 Å². The van der Waals surface area contributed by atoms with Gasteiger partial charge in [0.15, 0.2) is 0 Å². The summed E-state index contributed by atoms with van der Waals surface area (Å²) in [5.41, 5.74) is 1.84. The number of hydrogen-bond acceptors (Lipinski definition) is 4. The molecule has 1 aliphatic rings. The van der Waals surface area contributed by atoms with Crippen molar-refractivity contribution in [2.24, 2.45) is 4.99 Å². The smallest absolute Gasteiger partial charge is 0.148 e. The number of aliphatic hydroxyl groups is 1. The number of carbonyl (C=O) groups is 1. The maximum Gasteiger partial charge on any atom is 0.148 e. The Kier molecular flexibility index (Phi) is 6.09. The molecular formula is C18H24FN3O2. The van der Waals surface area contributed by atoms with Gasteiger partial charge in [0.2, 0.25) is 0 Å². The number of amidine groups is 1. The van der Waals surface area contributed by atoms with Gasteiger partial charge >= 0.3 is 0 Å². The van der Waals surface area contributed by atoms with Crippen LogP contribution in [0.25, 0.3) is 0 Å². The maximum absolute atomic E-state index is 14.5. The molecule has 5 nitrogen and oxygen atoms in total. The number of hydrogen-bond donors (Lipinski definition) is 1. The van der Waals surface area contributed by atoms with Gasteiger partial charge < -0.3 is 14.9 Å². The molecule has 1 aromatic carbocycles. The fraction of sp³-hybridized carbons (Fsp3) is 0.444. The van der Waals surface area contributed by atoms with Crippen molar-refractivity contribution in [2.75, 3.05) is 29.9 Å². The fourth-order valence-corrected chi connectivity index (χ4v) is 2.72. The number of halogens is 1. The lowest BCUT2D eigenvalue weighted by Gasteiger charge is -2.32. The topological polar surface area (TPSA) is 56.1 Å². The van der Waals surface area contributed by atoms with Gasteiger partial charge in [0.1, 0.15) is 17.9 Å². The van der Waals surface area contributed by atoms with E-state index in [2.05, 4.69) is 4.99 Å². The van der Waals surface area contributed by atoms with Crippen LogP contribution in [0.5, 0.6) is 0 Å². The van der Waals surface area contributed by atoms with Crippen LogP contribution in [-0.4, -0.2) is 43.5 Å². The lowest BCUT2D eigenvalue weighted by Crippen LogP contribution is -2.36. The molecule has 0 atom stereocenters. The van der Waals surface area contributed by atoms with Gasteiger partial charge in [-0.25, -0.2) is 9.38 Å². The van der Waals surface area contributed by atoms with Crippen molar-refractivity contribution in [1.29, 1.82) is 0 Å². The first-order valence-electron chi connectivity index (χ1n) is 8.06. The number of rotatable bonds is 4. The highest BCUT2D eigenvalue weighted by atomic mass is 19.1. The largest absolute Gasteiger partial charge is 0.393 e. The Labute approximate surface area is 142 Å². The van der Waals surface area contributed by atoms with Gasteiger partial charge in [0.05, 0.1) is 11.8 Å². The zero-order chi connectivity index (χ0) is 17.7. The highest BCUT2D eigenvalue weighted by molar-refractivity contribution is 5.96. The van der Waals surface area contributed by atoms with Crippen LogP contribution in [0.4, 0.5) is 15.8 Å². The minimum Gasteiger partial charge on any atom is -0.393 e. The molecule has 1 fully saturated rings. The Morgan fingerprint density at radius 3 is 2.62 bits per heavy atom. The first-order valence-corrected chi connectivity index (χ1v) is 8.06. The van der Waals surface area contributed by atoms with Crippen molar-refractivity contribution in [1.82, 2.24) is 0 Å². The molecule has 0 radical (unpaired) electrons. The summed E-state index contributed by atoms with van der Waals surface area (Å²) in [6.07, 6.45) is 3.11. The number of carbonyl (C=O) groups excluding carboxylic acids is 1. The van der Waals surface area contributed by atoms with E-state index in [1.165, 1.54) is 12.1 Å². The van der Waals surface area contributed by atoms with Crippen molar-refractivity contribution in [3.8, 4) is 0 Å². The number of aliphatic hydroxyl groups excluding tert-OH is 1. The van der Waals surface area contributed by atoms with Crippen LogP contribution in [0.15, 0.2) is 35.0 Å². The molecule has 24 heavy (non-hydrogen) atoms. The molecule has 0 spiro atoms. The summed E-state index contributed by atoms with van der Waals surface area (Å²) < 4.78 is 14.5. The molecule has 0 unspecified atom stereocenters. The van der Waals surface area contributed by atoms with Crippen LogP contribution < -0.4 is 9.80 Å². The fourth-order valence-electron chi connectivity index (χ4n) is 2.72. The molecule has 0 amide bonds. The normalized spacial score (nSPS) is 17.1. The standard InChI is InChI=1S/C18H24FN3O2/c1-13(8-11-23)20-14(2)21(3)15-4-5-18(17(19)12-15)22-9-6-16(24)7-10-22/h4-5,8,11-12,16,24H,6-7,9-10H2,1-3H3/b13-8-,20-14?. The highest BCUT2D eigenvalue weighted by Gasteiger charge is 2.20. The van der Waals surface area contributed by atoms with Gasteiger partial charge in [-0.1, -0.05) is 0 Å². The predicted octanol–water partition coefficient (Wildman–Crippen LogP) is 2.74. The molecule has 2 rings (SSSR count). The number of piperidine rings is 1. The highest BCUT2D eigenvalue weighted by Crippen LogP contribution is 2.27. The van der Waals surface area contributed by atoms with Crippen LogP contribution in [0.1, 0.15) is 26.7 Å². The summed E-state index contributed by atoms with van der Waals surface area (Å²) in [7, 11) is 1.80. The quantitative estimate of drug-likeness (QED) is 0.398. The molecule has 130 valence electrons. The average molecular weight is 333 g/mol. The number of anilines is 2. The summed E-state index contributed by atoms with van der Waals surface area (Å²) >= 11 is 0. The van der Waals surface area contributed by atoms with E-state index in [1.807, 2.05) is 11.0 Å². The molecule has 0 aliphatic carbocycles. The van der Waals surface area contributed by atoms with Crippen LogP contribution >= 0.6 is 0 Å². The van der Waals surface area contributed by atoms with Gasteiger partial charge in [-0.15, -0.1) is 0 Å². The summed E-state index contributed by atoms with van der Waals surface area (Å²) in [6.45, 7) is 4.85. The molecule has 1 saturated heterocycles. The molecule has 1 aliphatic heterocycles. The summed E-state index contributed by atoms with van der Waals surface area (Å²) in [6, 6.07) is 5.10. The average Bonchev–Trinajstić information content (AvgIpc) is 2.55. The SMILES string of the molecule is CC(=N/C(C)=C\C=O)N(C)c1ccc(N2CCC(O)CC2)c(F)c1. The third-order valence-electron chi connectivity index (χ3n) is 4.26. The molecule has 0 saturated carbocycles. The van der Waals surface area contributed by atoms with Crippen molar-refractivity contribution in [3.63, 3.8) is 0 Å². The number of aliphatic imine (C=N–C) groups is 1. The van der Waals surface area contributed by atoms with E-state index >= 15 is 0 Å². The van der Waals surface area contributed by atoms with E-state index in [0.29, 0.717) is 55.1 Å². The van der Waals surface area contributed by atoms with Gasteiger partial charge in [0.25, 0.3) is 0 Å². The number of benzene rings is 1. The Bertz CT molecular complexity index is 650. The van der Waals surface area contributed by atoms with E-state index in [1.54, 1.807) is 31.9 Å². The molecular weight excluding hydrogens is 309 g/mol. The Morgan fingerprint density at radius 1 is 1.38 bits per heavy atom. The van der Waals surface area contributed by atoms with Gasteiger partial charge in [-0.05, 0) is 51.0 Å². The van der Waals surface area contributed by atoms with Crippen molar-refractivity contribution in [2.45, 2.75) is 32.8 Å². The monoisotopic (exact) mass is 333 g/mol. The third-order valence-corrected chi connectivity index (χ3v) is 4.26. The second-order valence-corrected chi connectivity index (χ2v) is 6.02. The summed E-state index contributed by atoms with van der Waals surface area (Å²) in [5.74, 6) is 0.377. The molecule has 6 heteroatoms. The Hall–Kier alpha value is -2.21. The summed E-state index contributed by atoms with van der Waals surface area (Å²) in [5, 5.41) is 9.56. The number of allylic oxidation sites excluding steroid dienone is 2. The van der Waals surface area contributed by atoms with E-state index in [4.69, 9.17) is 0 Å². The second-order valence-electron chi connectivity index (χ2n) is 6.02. The maximum atomic E-state index is 14.5. The van der Waals surface area contributed by atoms with Crippen molar-refractivity contribution in [3.05, 3.63) is 35.8 Å². The summed E-state index contributed by atoms with van der Waals surface area (Å²) in [4.78, 5) is 18.5. The lowest BCUT2D eigenvalue weighted by molar-refractivity contribution is -0.104. The minimum atomic E-state index is -0.288. The van der Waals surface area contributed by atoms with E-state index in [0.717, 1.165) is 0 Å². The zero-order valence-electron chi connectivity index (χ0n) is 14.4. The van der Waals surface area contributed by atoms with Crippen LogP contribution in [0, 0.1) is 5.82 Å². The predicted molar refractivity (Wildman–Crippen MR) is 95.2 cm³/mol. The first kappa shape index (κ1) is 18.1. The molecule has 0 aromatic heterocycles. The Balaban J connectivity index is 2.16. The lowest BCUT2D eigenvalue weighted by atomic mass is 10.1. The van der Waals surface area contributed by atoms with Crippen LogP contribution in [-0.2, 0) is 4.79 Å². The van der Waals surface area contributed by atoms with Crippen LogP contribution in [0.2, 0.25) is 0 Å². The van der Waals surface area contributed by atoms with Crippen molar-refractivity contribution < 1.29 is 14.3 Å². The number of nitrogens with zero attached hydrogens (tertiary/aromatic N) is 3. The van der Waals surface area contributed by atoms with E-state index in [-0.39, 0.29) is 11.9 Å². The number of aldehydes is 1. The van der Waals surface area contributed by atoms with Crippen molar-refractivity contribution >= 4 is 23.5 Å². The second kappa shape index (κ2) is 8.06. The van der Waals surface area contributed by atoms with Gasteiger partial charge in [-0.2, -0.15) is 0 Å². The minimum absolute atomic E-state index is 0.281. The zero-order valence-corrected chi connectivity index (χ0v) is 14.4. The molecule has 1 aromatic rings. The first-order chi connectivity index (χ1) is 11.4. The van der Waals surface area contributed by atoms with E-state index in [9.17, 15) is 14.3 Å². The van der Waals surface area contributed by atoms with E-state index < -0.39 is 0 Å².